The molecule has 0 aliphatic rings. The molecule has 0 atom stereocenters. The molecule has 1 N–H and O–H groups in total. The second kappa shape index (κ2) is 9.14. The molecule has 0 aliphatic heterocycles. The lowest BCUT2D eigenvalue weighted by atomic mass is 10.1. The lowest BCUT2D eigenvalue weighted by Gasteiger charge is -2.08. The Morgan fingerprint density at radius 3 is 2.55 bits per heavy atom. The van der Waals surface area contributed by atoms with Gasteiger partial charge in [-0.3, -0.25) is 9.59 Å². The normalized spacial score (nSPS) is 11.3. The number of hydrogen-bond acceptors (Lipinski definition) is 5. The van der Waals surface area contributed by atoms with Crippen LogP contribution in [0.3, 0.4) is 0 Å². The van der Waals surface area contributed by atoms with Crippen LogP contribution in [0.5, 0.6) is 5.75 Å². The Labute approximate surface area is 169 Å². The molecule has 29 heavy (non-hydrogen) atoms. The van der Waals surface area contributed by atoms with Crippen LogP contribution < -0.4 is 15.7 Å². The van der Waals surface area contributed by atoms with E-state index in [0.29, 0.717) is 23.3 Å². The van der Waals surface area contributed by atoms with Crippen molar-refractivity contribution in [2.45, 2.75) is 20.3 Å². The van der Waals surface area contributed by atoms with Crippen molar-refractivity contribution in [3.05, 3.63) is 70.1 Å². The maximum Gasteiger partial charge on any atom is 0.292 e. The first-order valence-corrected chi connectivity index (χ1v) is 9.48. The molecule has 2 aromatic carbocycles. The van der Waals surface area contributed by atoms with Gasteiger partial charge in [0, 0.05) is 12.4 Å². The molecule has 7 heteroatoms. The lowest BCUT2D eigenvalue weighted by Crippen LogP contribution is -2.27. The summed E-state index contributed by atoms with van der Waals surface area (Å²) in [5.74, 6) is 0.915. The zero-order valence-corrected chi connectivity index (χ0v) is 16.8. The number of carbonyl (C=O) groups excluding carboxylic acids is 1. The van der Waals surface area contributed by atoms with E-state index in [-0.39, 0.29) is 11.3 Å². The van der Waals surface area contributed by atoms with Crippen molar-refractivity contribution in [2.24, 2.45) is 18.1 Å². The Morgan fingerprint density at radius 2 is 1.86 bits per heavy atom. The number of carbonyl (C=O) groups is 1. The highest BCUT2D eigenvalue weighted by Gasteiger charge is 2.14. The van der Waals surface area contributed by atoms with Gasteiger partial charge in [-0.1, -0.05) is 32.0 Å². The molecule has 0 saturated heterocycles. The molecule has 1 aromatic heterocycles. The largest absolute Gasteiger partial charge is 0.494 e. The number of amides is 1. The van der Waals surface area contributed by atoms with Crippen LogP contribution in [0.1, 0.15) is 36.3 Å². The van der Waals surface area contributed by atoms with E-state index in [4.69, 9.17) is 4.74 Å². The van der Waals surface area contributed by atoms with Gasteiger partial charge in [0.1, 0.15) is 5.75 Å². The zero-order chi connectivity index (χ0) is 20.8. The highest BCUT2D eigenvalue weighted by atomic mass is 16.5. The van der Waals surface area contributed by atoms with E-state index in [0.717, 1.165) is 22.4 Å². The lowest BCUT2D eigenvalue weighted by molar-refractivity contribution is 0.0950. The van der Waals surface area contributed by atoms with Gasteiger partial charge < -0.3 is 4.74 Å². The number of hydrogen-bond donors (Lipinski definition) is 1. The maximum atomic E-state index is 12.5. The second-order valence-electron chi connectivity index (χ2n) is 7.12. The summed E-state index contributed by atoms with van der Waals surface area (Å²) in [4.78, 5) is 24.7. The quantitative estimate of drug-likeness (QED) is 0.494. The van der Waals surface area contributed by atoms with Crippen molar-refractivity contribution >= 4 is 22.9 Å². The van der Waals surface area contributed by atoms with Crippen molar-refractivity contribution < 1.29 is 9.53 Å². The summed E-state index contributed by atoms with van der Waals surface area (Å²) in [6, 6.07) is 14.3. The van der Waals surface area contributed by atoms with Crippen molar-refractivity contribution in [3.8, 4) is 5.75 Å². The van der Waals surface area contributed by atoms with Crippen LogP contribution >= 0.6 is 0 Å². The number of ether oxygens (including phenoxy) is 1. The van der Waals surface area contributed by atoms with E-state index >= 15 is 0 Å². The average molecular weight is 392 g/mol. The van der Waals surface area contributed by atoms with Gasteiger partial charge in [0.25, 0.3) is 11.5 Å². The van der Waals surface area contributed by atoms with E-state index in [2.05, 4.69) is 29.5 Å². The van der Waals surface area contributed by atoms with Crippen LogP contribution in [0.25, 0.3) is 10.8 Å². The number of nitrogens with zero attached hydrogens (tertiary/aromatic N) is 3. The fourth-order valence-corrected chi connectivity index (χ4v) is 2.75. The van der Waals surface area contributed by atoms with Gasteiger partial charge in [-0.15, -0.1) is 0 Å². The van der Waals surface area contributed by atoms with Gasteiger partial charge in [-0.05, 0) is 48.2 Å². The molecule has 0 spiro atoms. The molecule has 3 rings (SSSR count). The van der Waals surface area contributed by atoms with Gasteiger partial charge in [0.15, 0.2) is 5.69 Å². The third-order valence-corrected chi connectivity index (χ3v) is 4.40. The van der Waals surface area contributed by atoms with Gasteiger partial charge in [-0.25, -0.2) is 10.1 Å². The first-order chi connectivity index (χ1) is 14.0. The Hall–Kier alpha value is -3.48. The number of benzene rings is 2. The van der Waals surface area contributed by atoms with Gasteiger partial charge in [-0.2, -0.15) is 10.2 Å². The third-order valence-electron chi connectivity index (χ3n) is 4.40. The van der Waals surface area contributed by atoms with E-state index in [9.17, 15) is 9.59 Å². The molecular weight excluding hydrogens is 368 g/mol. The van der Waals surface area contributed by atoms with Crippen LogP contribution in [-0.2, 0) is 7.05 Å². The summed E-state index contributed by atoms with van der Waals surface area (Å²) >= 11 is 0. The Balaban J connectivity index is 1.67. The summed E-state index contributed by atoms with van der Waals surface area (Å²) in [6.45, 7) is 5.00. The summed E-state index contributed by atoms with van der Waals surface area (Å²) in [5.41, 5.74) is 3.18. The minimum atomic E-state index is -0.485. The molecule has 0 unspecified atom stereocenters. The van der Waals surface area contributed by atoms with Crippen LogP contribution in [0, 0.1) is 5.92 Å². The number of fused-ring (bicyclic) bond motifs is 1. The van der Waals surface area contributed by atoms with E-state index in [1.165, 1.54) is 7.05 Å². The third kappa shape index (κ3) is 5.07. The van der Waals surface area contributed by atoms with E-state index < -0.39 is 5.91 Å². The average Bonchev–Trinajstić information content (AvgIpc) is 2.71. The molecule has 7 nitrogen and oxygen atoms in total. The second-order valence-corrected chi connectivity index (χ2v) is 7.12. The highest BCUT2D eigenvalue weighted by molar-refractivity contribution is 6.04. The molecule has 150 valence electrons. The van der Waals surface area contributed by atoms with Crippen molar-refractivity contribution in [2.75, 3.05) is 6.61 Å². The molecule has 0 saturated carbocycles. The Morgan fingerprint density at radius 1 is 1.17 bits per heavy atom. The fraction of sp³-hybridized carbons (Fsp3) is 0.273. The highest BCUT2D eigenvalue weighted by Crippen LogP contribution is 2.14. The predicted octanol–water partition coefficient (Wildman–Crippen LogP) is 3.12. The zero-order valence-electron chi connectivity index (χ0n) is 16.8. The standard InChI is InChI=1S/C22H24N4O3/c1-15(2)12-13-29-17-10-8-16(9-11-17)14-23-24-21(27)20-18-6-4-5-7-19(18)22(28)26(3)25-20/h4-11,14-15H,12-13H2,1-3H3,(H,24,27). The Kier molecular flexibility index (Phi) is 6.39. The minimum absolute atomic E-state index is 0.147. The topological polar surface area (TPSA) is 85.6 Å². The Bertz CT molecular complexity index is 1090. The predicted molar refractivity (Wildman–Crippen MR) is 113 cm³/mol. The van der Waals surface area contributed by atoms with Gasteiger partial charge >= 0.3 is 0 Å². The molecule has 0 aliphatic carbocycles. The van der Waals surface area contributed by atoms with E-state index in [1.54, 1.807) is 30.5 Å². The number of rotatable bonds is 7. The number of aryl methyl sites for hydroxylation is 1. The van der Waals surface area contributed by atoms with Crippen LogP contribution in [-0.4, -0.2) is 28.5 Å². The molecule has 1 amide bonds. The first kappa shape index (κ1) is 20.3. The van der Waals surface area contributed by atoms with E-state index in [1.807, 2.05) is 24.3 Å². The van der Waals surface area contributed by atoms with Crippen molar-refractivity contribution in [1.29, 1.82) is 0 Å². The van der Waals surface area contributed by atoms with Crippen LogP contribution in [0.4, 0.5) is 0 Å². The number of hydrazone groups is 1. The molecule has 0 radical (unpaired) electrons. The molecule has 0 fully saturated rings. The van der Waals surface area contributed by atoms with Gasteiger partial charge in [0.05, 0.1) is 18.2 Å². The molecule has 3 aromatic rings. The number of nitrogens with one attached hydrogen (secondary N) is 1. The molecular formula is C22H24N4O3. The van der Waals surface area contributed by atoms with Crippen LogP contribution in [0.15, 0.2) is 58.4 Å². The summed E-state index contributed by atoms with van der Waals surface area (Å²) in [7, 11) is 1.51. The monoisotopic (exact) mass is 392 g/mol. The summed E-state index contributed by atoms with van der Waals surface area (Å²) in [6.07, 6.45) is 2.54. The van der Waals surface area contributed by atoms with Crippen LogP contribution in [0.2, 0.25) is 0 Å². The smallest absolute Gasteiger partial charge is 0.292 e. The fourth-order valence-electron chi connectivity index (χ4n) is 2.75. The SMILES string of the molecule is CC(C)CCOc1ccc(C=NNC(=O)c2nn(C)c(=O)c3ccccc23)cc1. The summed E-state index contributed by atoms with van der Waals surface area (Å²) in [5, 5.41) is 9.01. The molecule has 1 heterocycles. The van der Waals surface area contributed by atoms with Crippen molar-refractivity contribution in [1.82, 2.24) is 15.2 Å². The first-order valence-electron chi connectivity index (χ1n) is 9.48. The van der Waals surface area contributed by atoms with Gasteiger partial charge in [0.2, 0.25) is 0 Å². The van der Waals surface area contributed by atoms with Crippen molar-refractivity contribution in [3.63, 3.8) is 0 Å². The maximum absolute atomic E-state index is 12.5. The summed E-state index contributed by atoms with van der Waals surface area (Å²) < 4.78 is 6.84. The minimum Gasteiger partial charge on any atom is -0.494 e. The number of aromatic nitrogens is 2. The molecule has 0 bridgehead atoms.